The van der Waals surface area contributed by atoms with Crippen LogP contribution in [0.25, 0.3) is 11.1 Å². The predicted molar refractivity (Wildman–Crippen MR) is 195 cm³/mol. The Labute approximate surface area is 296 Å². The minimum absolute atomic E-state index is 0.107. The topological polar surface area (TPSA) is 112 Å². The second-order valence-electron chi connectivity index (χ2n) is 12.6. The SMILES string of the molecule is COc1cc(CCC(CC(=O)CCc2ccccc2)OC)cc(-c2cc(CCC(CC(=O)CCc3ccccc3)OC)cc(OC)c2O)c1O. The molecule has 50 heavy (non-hydrogen) atoms. The molecule has 0 heterocycles. The minimum Gasteiger partial charge on any atom is -0.504 e. The fourth-order valence-corrected chi connectivity index (χ4v) is 6.17. The van der Waals surface area contributed by atoms with Gasteiger partial charge in [0.15, 0.2) is 23.0 Å². The quantitative estimate of drug-likeness (QED) is 0.0914. The van der Waals surface area contributed by atoms with Gasteiger partial charge in [-0.1, -0.05) is 60.7 Å². The first-order valence-corrected chi connectivity index (χ1v) is 17.2. The molecule has 0 aliphatic carbocycles. The van der Waals surface area contributed by atoms with Crippen LogP contribution in [0.4, 0.5) is 0 Å². The third-order valence-corrected chi connectivity index (χ3v) is 9.16. The highest BCUT2D eigenvalue weighted by atomic mass is 16.5. The molecule has 4 aromatic carbocycles. The van der Waals surface area contributed by atoms with Crippen LogP contribution in [0, 0.1) is 0 Å². The molecule has 8 heteroatoms. The number of ketones is 2. The smallest absolute Gasteiger partial charge is 0.165 e. The number of aryl methyl sites for hydroxylation is 4. The second kappa shape index (κ2) is 19.5. The van der Waals surface area contributed by atoms with Gasteiger partial charge in [0.05, 0.1) is 26.4 Å². The standard InChI is InChI=1S/C42H50O8/c1-47-35(27-33(43)19-15-29-11-7-5-8-12-29)21-17-31-23-37(41(45)39(25-31)49-3)38-24-32(26-40(50-4)42(38)46)18-22-36(48-2)28-34(44)20-16-30-13-9-6-10-14-30/h5-14,23-26,35-36,45-46H,15-22,27-28H2,1-4H3. The van der Waals surface area contributed by atoms with E-state index in [2.05, 4.69) is 0 Å². The Morgan fingerprint density at radius 1 is 0.540 bits per heavy atom. The van der Waals surface area contributed by atoms with Gasteiger partial charge < -0.3 is 29.2 Å². The fourth-order valence-electron chi connectivity index (χ4n) is 6.17. The van der Waals surface area contributed by atoms with E-state index in [1.165, 1.54) is 14.2 Å². The van der Waals surface area contributed by atoms with Gasteiger partial charge in [-0.25, -0.2) is 0 Å². The maximum absolute atomic E-state index is 12.8. The Hall–Kier alpha value is -4.66. The monoisotopic (exact) mass is 682 g/mol. The normalized spacial score (nSPS) is 12.3. The van der Waals surface area contributed by atoms with Crippen LogP contribution >= 0.6 is 0 Å². The summed E-state index contributed by atoms with van der Waals surface area (Å²) in [5.41, 5.74) is 4.75. The molecule has 2 N–H and O–H groups in total. The Kier molecular flexibility index (Phi) is 14.9. The van der Waals surface area contributed by atoms with E-state index < -0.39 is 0 Å². The molecule has 0 aliphatic rings. The zero-order valence-corrected chi connectivity index (χ0v) is 29.7. The lowest BCUT2D eigenvalue weighted by atomic mass is 9.93. The lowest BCUT2D eigenvalue weighted by Gasteiger charge is -2.19. The highest BCUT2D eigenvalue weighted by molar-refractivity contribution is 5.81. The molecule has 0 saturated heterocycles. The molecule has 8 nitrogen and oxygen atoms in total. The van der Waals surface area contributed by atoms with Gasteiger partial charge in [-0.3, -0.25) is 9.59 Å². The molecule has 0 radical (unpaired) electrons. The molecule has 0 saturated carbocycles. The summed E-state index contributed by atoms with van der Waals surface area (Å²) in [5.74, 6) is 0.606. The van der Waals surface area contributed by atoms with Crippen LogP contribution in [0.5, 0.6) is 23.0 Å². The highest BCUT2D eigenvalue weighted by Crippen LogP contribution is 2.46. The fraction of sp³-hybridized carbons (Fsp3) is 0.381. The maximum Gasteiger partial charge on any atom is 0.165 e. The number of benzene rings is 4. The Balaban J connectivity index is 1.45. The average molecular weight is 683 g/mol. The molecule has 4 rings (SSSR count). The molecular weight excluding hydrogens is 632 g/mol. The summed E-state index contributed by atoms with van der Waals surface area (Å²) in [5, 5.41) is 22.5. The van der Waals surface area contributed by atoms with Gasteiger partial charge in [0.2, 0.25) is 0 Å². The lowest BCUT2D eigenvalue weighted by molar-refractivity contribution is -0.122. The molecule has 0 spiro atoms. The number of hydrogen-bond acceptors (Lipinski definition) is 8. The van der Waals surface area contributed by atoms with E-state index in [4.69, 9.17) is 18.9 Å². The van der Waals surface area contributed by atoms with Crippen molar-refractivity contribution in [3.8, 4) is 34.1 Å². The molecule has 0 bridgehead atoms. The van der Waals surface area contributed by atoms with Gasteiger partial charge in [-0.2, -0.15) is 0 Å². The number of carbonyl (C=O) groups excluding carboxylic acids is 2. The zero-order valence-electron chi connectivity index (χ0n) is 29.7. The van der Waals surface area contributed by atoms with Crippen LogP contribution in [-0.2, 0) is 44.7 Å². The van der Waals surface area contributed by atoms with Crippen LogP contribution in [0.15, 0.2) is 84.9 Å². The molecule has 2 unspecified atom stereocenters. The van der Waals surface area contributed by atoms with Crippen molar-refractivity contribution in [2.75, 3.05) is 28.4 Å². The number of Topliss-reactive ketones (excluding diaryl/α,β-unsaturated/α-hetero) is 2. The first-order chi connectivity index (χ1) is 24.2. The van der Waals surface area contributed by atoms with Gasteiger partial charge in [0.25, 0.3) is 0 Å². The van der Waals surface area contributed by atoms with Crippen molar-refractivity contribution < 1.29 is 38.7 Å². The van der Waals surface area contributed by atoms with Crippen molar-refractivity contribution in [1.82, 2.24) is 0 Å². The third kappa shape index (κ3) is 11.2. The Morgan fingerprint density at radius 2 is 0.920 bits per heavy atom. The van der Waals surface area contributed by atoms with E-state index >= 15 is 0 Å². The van der Waals surface area contributed by atoms with Gasteiger partial charge in [-0.05, 0) is 85.0 Å². The van der Waals surface area contributed by atoms with Crippen LogP contribution in [0.2, 0.25) is 0 Å². The second-order valence-corrected chi connectivity index (χ2v) is 12.6. The molecule has 0 fully saturated rings. The first-order valence-electron chi connectivity index (χ1n) is 17.2. The van der Waals surface area contributed by atoms with Crippen molar-refractivity contribution in [2.45, 2.75) is 76.4 Å². The Morgan fingerprint density at radius 3 is 1.26 bits per heavy atom. The summed E-state index contributed by atoms with van der Waals surface area (Å²) in [4.78, 5) is 25.5. The number of rotatable bonds is 21. The molecule has 0 amide bonds. The maximum atomic E-state index is 12.8. The van der Waals surface area contributed by atoms with Gasteiger partial charge in [-0.15, -0.1) is 0 Å². The van der Waals surface area contributed by atoms with Crippen LogP contribution in [0.3, 0.4) is 0 Å². The number of aromatic hydroxyl groups is 2. The van der Waals surface area contributed by atoms with E-state index in [0.717, 1.165) is 22.3 Å². The molecule has 0 aromatic heterocycles. The average Bonchev–Trinajstić information content (AvgIpc) is 3.15. The summed E-state index contributed by atoms with van der Waals surface area (Å²) in [6.07, 6.45) is 4.66. The van der Waals surface area contributed by atoms with Crippen molar-refractivity contribution in [3.05, 3.63) is 107 Å². The largest absolute Gasteiger partial charge is 0.504 e. The van der Waals surface area contributed by atoms with E-state index in [1.54, 1.807) is 26.4 Å². The highest BCUT2D eigenvalue weighted by Gasteiger charge is 2.21. The first kappa shape index (κ1) is 38.1. The molecule has 2 atom stereocenters. The summed E-state index contributed by atoms with van der Waals surface area (Å²) in [7, 11) is 6.19. The molecular formula is C42H50O8. The number of phenols is 2. The lowest BCUT2D eigenvalue weighted by Crippen LogP contribution is -2.17. The van der Waals surface area contributed by atoms with Crippen molar-refractivity contribution in [3.63, 3.8) is 0 Å². The number of methoxy groups -OCH3 is 4. The molecule has 0 aliphatic heterocycles. The summed E-state index contributed by atoms with van der Waals surface area (Å²) in [6, 6.07) is 27.1. The van der Waals surface area contributed by atoms with Gasteiger partial charge >= 0.3 is 0 Å². The van der Waals surface area contributed by atoms with E-state index in [1.807, 2.05) is 72.8 Å². The van der Waals surface area contributed by atoms with Gasteiger partial charge in [0, 0.05) is 51.0 Å². The molecule has 266 valence electrons. The van der Waals surface area contributed by atoms with Gasteiger partial charge in [0.1, 0.15) is 11.6 Å². The number of ether oxygens (including phenoxy) is 4. The number of hydrogen-bond donors (Lipinski definition) is 2. The Bertz CT molecular complexity index is 1540. The van der Waals surface area contributed by atoms with E-state index in [0.29, 0.717) is 75.3 Å². The number of phenolic OH excluding ortho intramolecular Hbond substituents is 2. The third-order valence-electron chi connectivity index (χ3n) is 9.16. The summed E-state index contributed by atoms with van der Waals surface area (Å²) < 4.78 is 22.4. The van der Waals surface area contributed by atoms with Crippen LogP contribution < -0.4 is 9.47 Å². The summed E-state index contributed by atoms with van der Waals surface area (Å²) in [6.45, 7) is 0. The van der Waals surface area contributed by atoms with E-state index in [9.17, 15) is 19.8 Å². The van der Waals surface area contributed by atoms with E-state index in [-0.39, 0.29) is 46.8 Å². The van der Waals surface area contributed by atoms with Crippen molar-refractivity contribution in [1.29, 1.82) is 0 Å². The van der Waals surface area contributed by atoms with Crippen LogP contribution in [-0.4, -0.2) is 62.4 Å². The zero-order chi connectivity index (χ0) is 35.9. The number of carbonyl (C=O) groups is 2. The van der Waals surface area contributed by atoms with Crippen molar-refractivity contribution in [2.24, 2.45) is 0 Å². The molecule has 4 aromatic rings. The predicted octanol–water partition coefficient (Wildman–Crippen LogP) is 7.86. The minimum atomic E-state index is -0.266. The van der Waals surface area contributed by atoms with Crippen LogP contribution in [0.1, 0.15) is 60.8 Å². The van der Waals surface area contributed by atoms with Crippen molar-refractivity contribution >= 4 is 11.6 Å². The summed E-state index contributed by atoms with van der Waals surface area (Å²) >= 11 is 0.